The highest BCUT2D eigenvalue weighted by molar-refractivity contribution is 7.92. The Bertz CT molecular complexity index is 845. The Balaban J connectivity index is 1.74. The van der Waals surface area contributed by atoms with Crippen molar-refractivity contribution in [3.8, 4) is 0 Å². The van der Waals surface area contributed by atoms with Crippen LogP contribution < -0.4 is 4.72 Å². The molecule has 2 aromatic rings. The molecular weight excluding hydrogens is 364 g/mol. The van der Waals surface area contributed by atoms with Gasteiger partial charge >= 0.3 is 0 Å². The molecule has 0 atom stereocenters. The van der Waals surface area contributed by atoms with E-state index in [1.807, 2.05) is 0 Å². The van der Waals surface area contributed by atoms with Gasteiger partial charge in [0, 0.05) is 29.4 Å². The first kappa shape index (κ1) is 17.7. The molecule has 3 rings (SSSR count). The van der Waals surface area contributed by atoms with E-state index < -0.39 is 10.0 Å². The fourth-order valence-electron chi connectivity index (χ4n) is 2.46. The van der Waals surface area contributed by atoms with Crippen LogP contribution in [0.3, 0.4) is 0 Å². The molecule has 1 fully saturated rings. The summed E-state index contributed by atoms with van der Waals surface area (Å²) in [6.45, 7) is 2.11. The first-order chi connectivity index (χ1) is 12.0. The third kappa shape index (κ3) is 4.31. The zero-order valence-corrected chi connectivity index (χ0v) is 14.9. The number of nitrogens with zero attached hydrogens (tertiary/aromatic N) is 1. The van der Waals surface area contributed by atoms with Crippen molar-refractivity contribution in [1.29, 1.82) is 0 Å². The first-order valence-corrected chi connectivity index (χ1v) is 9.57. The summed E-state index contributed by atoms with van der Waals surface area (Å²) in [5.74, 6) is -0.127. The molecule has 1 amide bonds. The molecule has 132 valence electrons. The molecule has 0 bridgehead atoms. The Hall–Kier alpha value is -2.09. The summed E-state index contributed by atoms with van der Waals surface area (Å²) in [6.07, 6.45) is 0. The average Bonchev–Trinajstić information content (AvgIpc) is 2.64. The normalized spacial score (nSPS) is 15.0. The number of nitrogens with one attached hydrogen (secondary N) is 1. The largest absolute Gasteiger partial charge is 0.378 e. The van der Waals surface area contributed by atoms with Gasteiger partial charge in [0.1, 0.15) is 0 Å². The third-order valence-electron chi connectivity index (χ3n) is 3.81. The number of carbonyl (C=O) groups excluding carboxylic acids is 1. The van der Waals surface area contributed by atoms with Gasteiger partial charge in [0.15, 0.2) is 0 Å². The van der Waals surface area contributed by atoms with Crippen LogP contribution in [0.4, 0.5) is 5.69 Å². The van der Waals surface area contributed by atoms with E-state index in [1.165, 1.54) is 24.3 Å². The fraction of sp³-hybridized carbons (Fsp3) is 0.235. The van der Waals surface area contributed by atoms with Gasteiger partial charge in [-0.15, -0.1) is 0 Å². The molecule has 1 aliphatic rings. The van der Waals surface area contributed by atoms with Gasteiger partial charge in [-0.1, -0.05) is 11.6 Å². The van der Waals surface area contributed by atoms with Crippen molar-refractivity contribution >= 4 is 33.2 Å². The van der Waals surface area contributed by atoms with E-state index in [9.17, 15) is 13.2 Å². The summed E-state index contributed by atoms with van der Waals surface area (Å²) in [4.78, 5) is 14.2. The number of rotatable bonds is 4. The number of anilines is 1. The molecule has 0 radical (unpaired) electrons. The Morgan fingerprint density at radius 2 is 1.60 bits per heavy atom. The summed E-state index contributed by atoms with van der Waals surface area (Å²) >= 11 is 5.79. The van der Waals surface area contributed by atoms with E-state index in [2.05, 4.69) is 4.72 Å². The number of halogens is 1. The predicted octanol–water partition coefficient (Wildman–Crippen LogP) is 2.61. The SMILES string of the molecule is O=C(c1ccc(S(=O)(=O)Nc2ccc(Cl)cc2)cc1)N1CCOCC1. The minimum atomic E-state index is -3.73. The molecule has 25 heavy (non-hydrogen) atoms. The van der Waals surface area contributed by atoms with Crippen LogP contribution in [0.5, 0.6) is 0 Å². The minimum absolute atomic E-state index is 0.0842. The van der Waals surface area contributed by atoms with E-state index in [1.54, 1.807) is 29.2 Å². The molecule has 0 aliphatic carbocycles. The maximum Gasteiger partial charge on any atom is 0.261 e. The van der Waals surface area contributed by atoms with Crippen molar-refractivity contribution in [3.63, 3.8) is 0 Å². The van der Waals surface area contributed by atoms with Gasteiger partial charge in [-0.2, -0.15) is 0 Å². The van der Waals surface area contributed by atoms with Crippen LogP contribution in [0, 0.1) is 0 Å². The van der Waals surface area contributed by atoms with Gasteiger partial charge in [0.2, 0.25) is 0 Å². The molecule has 0 unspecified atom stereocenters. The van der Waals surface area contributed by atoms with Gasteiger partial charge in [-0.25, -0.2) is 8.42 Å². The summed E-state index contributed by atoms with van der Waals surface area (Å²) in [6, 6.07) is 12.2. The number of amides is 1. The number of benzene rings is 2. The number of hydrogen-bond acceptors (Lipinski definition) is 4. The van der Waals surface area contributed by atoms with Gasteiger partial charge in [-0.05, 0) is 48.5 Å². The van der Waals surface area contributed by atoms with Crippen LogP contribution in [0.2, 0.25) is 5.02 Å². The second-order valence-corrected chi connectivity index (χ2v) is 7.66. The topological polar surface area (TPSA) is 75.7 Å². The molecule has 0 saturated carbocycles. The summed E-state index contributed by atoms with van der Waals surface area (Å²) in [7, 11) is -3.73. The van der Waals surface area contributed by atoms with E-state index in [-0.39, 0.29) is 10.8 Å². The maximum atomic E-state index is 12.4. The fourth-order valence-corrected chi connectivity index (χ4v) is 3.64. The third-order valence-corrected chi connectivity index (χ3v) is 5.46. The van der Waals surface area contributed by atoms with Gasteiger partial charge < -0.3 is 9.64 Å². The molecule has 0 spiro atoms. The van der Waals surface area contributed by atoms with Crippen molar-refractivity contribution in [1.82, 2.24) is 4.90 Å². The second-order valence-electron chi connectivity index (χ2n) is 5.54. The quantitative estimate of drug-likeness (QED) is 0.884. The predicted molar refractivity (Wildman–Crippen MR) is 95.4 cm³/mol. The second kappa shape index (κ2) is 7.43. The molecule has 0 aromatic heterocycles. The highest BCUT2D eigenvalue weighted by Crippen LogP contribution is 2.19. The lowest BCUT2D eigenvalue weighted by Gasteiger charge is -2.26. The molecule has 1 heterocycles. The number of morpholine rings is 1. The van der Waals surface area contributed by atoms with Crippen LogP contribution in [0.15, 0.2) is 53.4 Å². The molecular formula is C17H17ClN2O4S. The number of carbonyl (C=O) groups is 1. The van der Waals surface area contributed by atoms with E-state index in [0.29, 0.717) is 42.6 Å². The minimum Gasteiger partial charge on any atom is -0.378 e. The standard InChI is InChI=1S/C17H17ClN2O4S/c18-14-3-5-15(6-4-14)19-25(22,23)16-7-1-13(2-8-16)17(21)20-9-11-24-12-10-20/h1-8,19H,9-12H2. The van der Waals surface area contributed by atoms with Crippen molar-refractivity contribution in [2.24, 2.45) is 0 Å². The van der Waals surface area contributed by atoms with Crippen molar-refractivity contribution in [2.45, 2.75) is 4.90 Å². The molecule has 1 aliphatic heterocycles. The lowest BCUT2D eigenvalue weighted by atomic mass is 10.2. The lowest BCUT2D eigenvalue weighted by molar-refractivity contribution is 0.0303. The summed E-state index contributed by atoms with van der Waals surface area (Å²) < 4.78 is 32.5. The lowest BCUT2D eigenvalue weighted by Crippen LogP contribution is -2.40. The van der Waals surface area contributed by atoms with Crippen molar-refractivity contribution in [2.75, 3.05) is 31.0 Å². The number of ether oxygens (including phenoxy) is 1. The molecule has 1 saturated heterocycles. The number of sulfonamides is 1. The molecule has 8 heteroatoms. The highest BCUT2D eigenvalue weighted by atomic mass is 35.5. The van der Waals surface area contributed by atoms with Crippen LogP contribution in [0.25, 0.3) is 0 Å². The van der Waals surface area contributed by atoms with Crippen molar-refractivity contribution in [3.05, 3.63) is 59.1 Å². The van der Waals surface area contributed by atoms with E-state index in [0.717, 1.165) is 0 Å². The smallest absolute Gasteiger partial charge is 0.261 e. The monoisotopic (exact) mass is 380 g/mol. The van der Waals surface area contributed by atoms with Crippen LogP contribution >= 0.6 is 11.6 Å². The molecule has 1 N–H and O–H groups in total. The zero-order chi connectivity index (χ0) is 17.9. The van der Waals surface area contributed by atoms with Crippen LogP contribution in [-0.2, 0) is 14.8 Å². The average molecular weight is 381 g/mol. The van der Waals surface area contributed by atoms with Gasteiger partial charge in [-0.3, -0.25) is 9.52 Å². The Labute approximate surface area is 151 Å². The van der Waals surface area contributed by atoms with Gasteiger partial charge in [0.25, 0.3) is 15.9 Å². The van der Waals surface area contributed by atoms with Crippen LogP contribution in [0.1, 0.15) is 10.4 Å². The Morgan fingerprint density at radius 1 is 1.00 bits per heavy atom. The summed E-state index contributed by atoms with van der Waals surface area (Å²) in [5.41, 5.74) is 0.866. The van der Waals surface area contributed by atoms with E-state index in [4.69, 9.17) is 16.3 Å². The Morgan fingerprint density at radius 3 is 2.20 bits per heavy atom. The Kier molecular flexibility index (Phi) is 5.27. The molecule has 6 nitrogen and oxygen atoms in total. The number of hydrogen-bond donors (Lipinski definition) is 1. The molecule has 2 aromatic carbocycles. The van der Waals surface area contributed by atoms with Gasteiger partial charge in [0.05, 0.1) is 18.1 Å². The summed E-state index contributed by atoms with van der Waals surface area (Å²) in [5, 5.41) is 0.522. The highest BCUT2D eigenvalue weighted by Gasteiger charge is 2.20. The zero-order valence-electron chi connectivity index (χ0n) is 13.3. The first-order valence-electron chi connectivity index (χ1n) is 7.71. The van der Waals surface area contributed by atoms with Crippen LogP contribution in [-0.4, -0.2) is 45.5 Å². The van der Waals surface area contributed by atoms with E-state index >= 15 is 0 Å². The van der Waals surface area contributed by atoms with Crippen molar-refractivity contribution < 1.29 is 17.9 Å². The maximum absolute atomic E-state index is 12.4.